The molecule has 0 spiro atoms. The minimum Gasteiger partial charge on any atom is -0.462 e. The minimum absolute atomic E-state index is 0.0882. The predicted molar refractivity (Wildman–Crippen MR) is 192 cm³/mol. The van der Waals surface area contributed by atoms with Crippen LogP contribution in [-0.2, 0) is 28.6 Å². The Labute approximate surface area is 283 Å². The monoisotopic (exact) mass is 647 g/mol. The molecule has 1 atom stereocenters. The van der Waals surface area contributed by atoms with Gasteiger partial charge in [-0.25, -0.2) is 0 Å². The molecule has 0 radical (unpaired) electrons. The van der Waals surface area contributed by atoms with Crippen molar-refractivity contribution in [2.75, 3.05) is 13.2 Å². The van der Waals surface area contributed by atoms with Crippen LogP contribution in [0.3, 0.4) is 0 Å². The van der Waals surface area contributed by atoms with Gasteiger partial charge in [0.15, 0.2) is 6.10 Å². The maximum atomic E-state index is 12.5. The van der Waals surface area contributed by atoms with Crippen LogP contribution in [0, 0.1) is 0 Å². The molecule has 0 saturated carbocycles. The van der Waals surface area contributed by atoms with E-state index in [1.165, 1.54) is 51.4 Å². The van der Waals surface area contributed by atoms with Gasteiger partial charge in [-0.05, 0) is 64.2 Å². The highest BCUT2D eigenvalue weighted by molar-refractivity contribution is 5.71. The van der Waals surface area contributed by atoms with Gasteiger partial charge in [-0.15, -0.1) is 0 Å². The molecule has 0 heterocycles. The van der Waals surface area contributed by atoms with Crippen LogP contribution < -0.4 is 0 Å². The van der Waals surface area contributed by atoms with E-state index >= 15 is 0 Å². The van der Waals surface area contributed by atoms with Crippen molar-refractivity contribution in [2.45, 2.75) is 187 Å². The van der Waals surface area contributed by atoms with E-state index < -0.39 is 6.10 Å². The lowest BCUT2D eigenvalue weighted by Gasteiger charge is -2.18. The third-order valence-corrected chi connectivity index (χ3v) is 7.88. The van der Waals surface area contributed by atoms with Crippen LogP contribution in [0.5, 0.6) is 0 Å². The van der Waals surface area contributed by atoms with Gasteiger partial charge < -0.3 is 14.2 Å². The number of allylic oxidation sites excluding steroid dienone is 6. The van der Waals surface area contributed by atoms with Gasteiger partial charge in [0.25, 0.3) is 0 Å². The van der Waals surface area contributed by atoms with E-state index in [2.05, 4.69) is 57.2 Å². The molecule has 0 fully saturated rings. The number of hydrogen-bond donors (Lipinski definition) is 0. The molecule has 0 aromatic heterocycles. The molecule has 0 aliphatic rings. The minimum atomic E-state index is -0.784. The molecule has 0 N–H and O–H groups in total. The number of carbonyl (C=O) groups is 3. The fourth-order valence-corrected chi connectivity index (χ4v) is 4.99. The molecule has 0 amide bonds. The average molecular weight is 647 g/mol. The molecule has 0 aromatic rings. The quantitative estimate of drug-likeness (QED) is 0.0305. The largest absolute Gasteiger partial charge is 0.462 e. The maximum absolute atomic E-state index is 12.5. The molecular weight excluding hydrogens is 576 g/mol. The van der Waals surface area contributed by atoms with Crippen molar-refractivity contribution in [2.24, 2.45) is 0 Å². The molecule has 0 bridgehead atoms. The van der Waals surface area contributed by atoms with Gasteiger partial charge in [0.05, 0.1) is 0 Å². The summed E-state index contributed by atoms with van der Waals surface area (Å²) in [5.74, 6) is -0.951. The molecule has 46 heavy (non-hydrogen) atoms. The van der Waals surface area contributed by atoms with Gasteiger partial charge in [0, 0.05) is 19.3 Å². The topological polar surface area (TPSA) is 78.9 Å². The fourth-order valence-electron chi connectivity index (χ4n) is 4.99. The van der Waals surface area contributed by atoms with Gasteiger partial charge in [-0.3, -0.25) is 14.4 Å². The van der Waals surface area contributed by atoms with E-state index in [1.807, 2.05) is 0 Å². The molecule has 6 nitrogen and oxygen atoms in total. The molecule has 0 aromatic carbocycles. The Morgan fingerprint density at radius 2 is 0.870 bits per heavy atom. The van der Waals surface area contributed by atoms with Crippen LogP contribution in [0.2, 0.25) is 0 Å². The highest BCUT2D eigenvalue weighted by atomic mass is 16.6. The summed E-state index contributed by atoms with van der Waals surface area (Å²) in [4.78, 5) is 37.3. The molecule has 0 aliphatic heterocycles. The molecule has 0 rings (SSSR count). The SMILES string of the molecule is CC/C=C\C/C=C\CCCCC(=O)OC(COC(=O)CCCCCC/C=C\CCCC)COC(=O)CCCCCCCCCCC. The second-order valence-electron chi connectivity index (χ2n) is 12.5. The van der Waals surface area contributed by atoms with Crippen LogP contribution in [-0.4, -0.2) is 37.2 Å². The molecular formula is C40H70O6. The summed E-state index contributed by atoms with van der Waals surface area (Å²) in [6.07, 6.45) is 37.1. The van der Waals surface area contributed by atoms with Gasteiger partial charge in [-0.2, -0.15) is 0 Å². The third-order valence-electron chi connectivity index (χ3n) is 7.88. The number of hydrogen-bond acceptors (Lipinski definition) is 6. The van der Waals surface area contributed by atoms with E-state index in [0.717, 1.165) is 83.5 Å². The Morgan fingerprint density at radius 3 is 1.43 bits per heavy atom. The molecule has 0 saturated heterocycles. The van der Waals surface area contributed by atoms with Crippen LogP contribution in [0.25, 0.3) is 0 Å². The van der Waals surface area contributed by atoms with Crippen molar-refractivity contribution in [1.29, 1.82) is 0 Å². The highest BCUT2D eigenvalue weighted by Crippen LogP contribution is 2.12. The lowest BCUT2D eigenvalue weighted by atomic mass is 10.1. The maximum Gasteiger partial charge on any atom is 0.306 e. The lowest BCUT2D eigenvalue weighted by molar-refractivity contribution is -0.167. The second kappa shape index (κ2) is 35.5. The van der Waals surface area contributed by atoms with Crippen molar-refractivity contribution in [3.63, 3.8) is 0 Å². The Hall–Kier alpha value is -2.37. The van der Waals surface area contributed by atoms with E-state index in [4.69, 9.17) is 14.2 Å². The molecule has 1 unspecified atom stereocenters. The summed E-state index contributed by atoms with van der Waals surface area (Å²) in [5, 5.41) is 0. The van der Waals surface area contributed by atoms with Crippen molar-refractivity contribution < 1.29 is 28.6 Å². The number of ether oxygens (including phenoxy) is 3. The van der Waals surface area contributed by atoms with Crippen molar-refractivity contribution >= 4 is 17.9 Å². The molecule has 266 valence electrons. The number of rotatable bonds is 33. The van der Waals surface area contributed by atoms with Gasteiger partial charge >= 0.3 is 17.9 Å². The average Bonchev–Trinajstić information content (AvgIpc) is 3.05. The number of esters is 3. The van der Waals surface area contributed by atoms with E-state index in [-0.39, 0.29) is 37.5 Å². The Morgan fingerprint density at radius 1 is 0.457 bits per heavy atom. The summed E-state index contributed by atoms with van der Waals surface area (Å²) >= 11 is 0. The summed E-state index contributed by atoms with van der Waals surface area (Å²) in [5.41, 5.74) is 0. The Balaban J connectivity index is 4.43. The number of unbranched alkanes of at least 4 members (excludes halogenated alkanes) is 16. The zero-order valence-corrected chi connectivity index (χ0v) is 30.1. The van der Waals surface area contributed by atoms with Crippen molar-refractivity contribution in [3.05, 3.63) is 36.5 Å². The van der Waals surface area contributed by atoms with Crippen molar-refractivity contribution in [1.82, 2.24) is 0 Å². The smallest absolute Gasteiger partial charge is 0.306 e. The van der Waals surface area contributed by atoms with Crippen LogP contribution >= 0.6 is 0 Å². The van der Waals surface area contributed by atoms with Crippen LogP contribution in [0.15, 0.2) is 36.5 Å². The summed E-state index contributed by atoms with van der Waals surface area (Å²) in [6.45, 7) is 6.37. The predicted octanol–water partition coefficient (Wildman–Crippen LogP) is 11.5. The van der Waals surface area contributed by atoms with Crippen LogP contribution in [0.1, 0.15) is 181 Å². The Kier molecular flexibility index (Phi) is 33.7. The third kappa shape index (κ3) is 33.0. The second-order valence-corrected chi connectivity index (χ2v) is 12.5. The molecule has 6 heteroatoms. The molecule has 0 aliphatic carbocycles. The van der Waals surface area contributed by atoms with Gasteiger partial charge in [0.1, 0.15) is 13.2 Å². The summed E-state index contributed by atoms with van der Waals surface area (Å²) in [7, 11) is 0. The zero-order valence-electron chi connectivity index (χ0n) is 30.1. The normalized spacial score (nSPS) is 12.3. The van der Waals surface area contributed by atoms with Gasteiger partial charge in [-0.1, -0.05) is 134 Å². The number of carbonyl (C=O) groups excluding carboxylic acids is 3. The zero-order chi connectivity index (χ0) is 33.8. The fraction of sp³-hybridized carbons (Fsp3) is 0.775. The Bertz CT molecular complexity index is 800. The first-order valence-corrected chi connectivity index (χ1v) is 19.0. The first kappa shape index (κ1) is 43.6. The first-order valence-electron chi connectivity index (χ1n) is 19.0. The van der Waals surface area contributed by atoms with E-state index in [1.54, 1.807) is 0 Å². The van der Waals surface area contributed by atoms with Crippen LogP contribution in [0.4, 0.5) is 0 Å². The van der Waals surface area contributed by atoms with E-state index in [0.29, 0.717) is 19.3 Å². The highest BCUT2D eigenvalue weighted by Gasteiger charge is 2.19. The lowest BCUT2D eigenvalue weighted by Crippen LogP contribution is -2.30. The van der Waals surface area contributed by atoms with Crippen molar-refractivity contribution in [3.8, 4) is 0 Å². The first-order chi connectivity index (χ1) is 22.5. The van der Waals surface area contributed by atoms with E-state index in [9.17, 15) is 14.4 Å². The standard InChI is InChI=1S/C40H70O6/c1-4-7-10-13-16-19-22-24-27-30-33-39(42)45-36-37(46-40(43)34-31-28-25-21-18-15-12-9-6-3)35-44-38(41)32-29-26-23-20-17-14-11-8-5-2/h9,12-13,16,18,21,37H,4-8,10-11,14-15,17,19-20,22-36H2,1-3H3/b12-9-,16-13-,21-18-. The summed E-state index contributed by atoms with van der Waals surface area (Å²) in [6, 6.07) is 0. The summed E-state index contributed by atoms with van der Waals surface area (Å²) < 4.78 is 16.5. The van der Waals surface area contributed by atoms with Gasteiger partial charge in [0.2, 0.25) is 0 Å².